The van der Waals surface area contributed by atoms with Gasteiger partial charge in [-0.1, -0.05) is 19.1 Å². The molecule has 4 nitrogen and oxygen atoms in total. The third kappa shape index (κ3) is 3.79. The molecular formula is C15H19FN2O2. The minimum atomic E-state index is -0.500. The van der Waals surface area contributed by atoms with Gasteiger partial charge in [-0.3, -0.25) is 9.59 Å². The van der Waals surface area contributed by atoms with Crippen LogP contribution in [-0.4, -0.2) is 29.8 Å². The molecule has 1 saturated heterocycles. The second-order valence-corrected chi connectivity index (χ2v) is 5.29. The van der Waals surface area contributed by atoms with Crippen molar-refractivity contribution >= 4 is 17.5 Å². The molecule has 1 N–H and O–H groups in total. The van der Waals surface area contributed by atoms with Gasteiger partial charge in [-0.2, -0.15) is 0 Å². The molecule has 1 aromatic rings. The van der Waals surface area contributed by atoms with Crippen LogP contribution in [0.25, 0.3) is 0 Å². The summed E-state index contributed by atoms with van der Waals surface area (Å²) in [5, 5.41) is 2.43. The van der Waals surface area contributed by atoms with Crippen LogP contribution in [0.5, 0.6) is 0 Å². The number of amides is 2. The summed E-state index contributed by atoms with van der Waals surface area (Å²) in [6.45, 7) is 3.50. The van der Waals surface area contributed by atoms with E-state index in [4.69, 9.17) is 0 Å². The fourth-order valence-electron chi connectivity index (χ4n) is 2.42. The Morgan fingerprint density at radius 2 is 2.15 bits per heavy atom. The van der Waals surface area contributed by atoms with Gasteiger partial charge in [0.05, 0.1) is 5.69 Å². The molecule has 1 aliphatic heterocycles. The first kappa shape index (κ1) is 14.5. The van der Waals surface area contributed by atoms with E-state index in [1.807, 2.05) is 0 Å². The Morgan fingerprint density at radius 1 is 1.40 bits per heavy atom. The molecule has 0 radical (unpaired) electrons. The second kappa shape index (κ2) is 6.50. The van der Waals surface area contributed by atoms with Crippen LogP contribution in [-0.2, 0) is 9.59 Å². The average molecular weight is 278 g/mol. The SMILES string of the molecule is CC1CCCN(C(=O)CC(=O)Nc2ccccc2F)C1. The smallest absolute Gasteiger partial charge is 0.233 e. The van der Waals surface area contributed by atoms with Crippen LogP contribution in [0.2, 0.25) is 0 Å². The highest BCUT2D eigenvalue weighted by atomic mass is 19.1. The van der Waals surface area contributed by atoms with Crippen molar-refractivity contribution in [1.82, 2.24) is 4.90 Å². The van der Waals surface area contributed by atoms with Crippen molar-refractivity contribution in [3.8, 4) is 0 Å². The van der Waals surface area contributed by atoms with E-state index in [9.17, 15) is 14.0 Å². The van der Waals surface area contributed by atoms with E-state index in [1.54, 1.807) is 17.0 Å². The average Bonchev–Trinajstić information content (AvgIpc) is 2.41. The van der Waals surface area contributed by atoms with Gasteiger partial charge in [0, 0.05) is 13.1 Å². The van der Waals surface area contributed by atoms with E-state index in [0.717, 1.165) is 12.8 Å². The first-order valence-electron chi connectivity index (χ1n) is 6.88. The predicted octanol–water partition coefficient (Wildman–Crippen LogP) is 2.41. The van der Waals surface area contributed by atoms with Crippen LogP contribution in [0.1, 0.15) is 26.2 Å². The molecule has 0 saturated carbocycles. The number of hydrogen-bond acceptors (Lipinski definition) is 2. The molecule has 5 heteroatoms. The Balaban J connectivity index is 1.88. The van der Waals surface area contributed by atoms with Gasteiger partial charge in [0.2, 0.25) is 11.8 Å². The third-order valence-electron chi connectivity index (χ3n) is 3.47. The molecule has 2 amide bonds. The summed E-state index contributed by atoms with van der Waals surface area (Å²) in [7, 11) is 0. The van der Waals surface area contributed by atoms with Gasteiger partial charge in [0.1, 0.15) is 12.2 Å². The highest BCUT2D eigenvalue weighted by molar-refractivity contribution is 6.03. The molecule has 0 aromatic heterocycles. The third-order valence-corrected chi connectivity index (χ3v) is 3.47. The monoisotopic (exact) mass is 278 g/mol. The molecule has 0 spiro atoms. The fraction of sp³-hybridized carbons (Fsp3) is 0.467. The summed E-state index contributed by atoms with van der Waals surface area (Å²) < 4.78 is 13.4. The highest BCUT2D eigenvalue weighted by Crippen LogP contribution is 2.17. The van der Waals surface area contributed by atoms with Gasteiger partial charge in [-0.15, -0.1) is 0 Å². The molecule has 20 heavy (non-hydrogen) atoms. The molecule has 1 aliphatic rings. The van der Waals surface area contributed by atoms with E-state index in [2.05, 4.69) is 12.2 Å². The first-order chi connectivity index (χ1) is 9.56. The number of benzene rings is 1. The standard InChI is InChI=1S/C15H19FN2O2/c1-11-5-4-8-18(10-11)15(20)9-14(19)17-13-7-3-2-6-12(13)16/h2-3,6-7,11H,4-5,8-10H2,1H3,(H,17,19). The second-order valence-electron chi connectivity index (χ2n) is 5.29. The number of anilines is 1. The normalized spacial score (nSPS) is 18.7. The Bertz CT molecular complexity index is 504. The van der Waals surface area contributed by atoms with E-state index < -0.39 is 11.7 Å². The van der Waals surface area contributed by atoms with Crippen LogP contribution >= 0.6 is 0 Å². The minimum Gasteiger partial charge on any atom is -0.342 e. The van der Waals surface area contributed by atoms with Crippen LogP contribution in [0.15, 0.2) is 24.3 Å². The van der Waals surface area contributed by atoms with Crippen molar-refractivity contribution in [3.63, 3.8) is 0 Å². The Hall–Kier alpha value is -1.91. The van der Waals surface area contributed by atoms with E-state index in [-0.39, 0.29) is 18.0 Å². The van der Waals surface area contributed by atoms with Gasteiger partial charge < -0.3 is 10.2 Å². The number of carbonyl (C=O) groups is 2. The van der Waals surface area contributed by atoms with Crippen LogP contribution in [0.3, 0.4) is 0 Å². The number of nitrogens with one attached hydrogen (secondary N) is 1. The molecule has 1 atom stereocenters. The van der Waals surface area contributed by atoms with Crippen molar-refractivity contribution in [3.05, 3.63) is 30.1 Å². The molecule has 108 valence electrons. The molecule has 0 bridgehead atoms. The predicted molar refractivity (Wildman–Crippen MR) is 74.6 cm³/mol. The van der Waals surface area contributed by atoms with Gasteiger partial charge >= 0.3 is 0 Å². The summed E-state index contributed by atoms with van der Waals surface area (Å²) in [5.41, 5.74) is 0.109. The van der Waals surface area contributed by atoms with Crippen LogP contribution in [0.4, 0.5) is 10.1 Å². The van der Waals surface area contributed by atoms with Gasteiger partial charge in [-0.25, -0.2) is 4.39 Å². The number of rotatable bonds is 3. The van der Waals surface area contributed by atoms with E-state index >= 15 is 0 Å². The van der Waals surface area contributed by atoms with Crippen molar-refractivity contribution in [2.24, 2.45) is 5.92 Å². The topological polar surface area (TPSA) is 49.4 Å². The number of para-hydroxylation sites is 1. The lowest BCUT2D eigenvalue weighted by Crippen LogP contribution is -2.40. The van der Waals surface area contributed by atoms with Crippen molar-refractivity contribution < 1.29 is 14.0 Å². The van der Waals surface area contributed by atoms with E-state index in [1.165, 1.54) is 12.1 Å². The number of piperidine rings is 1. The number of hydrogen-bond donors (Lipinski definition) is 1. The zero-order valence-electron chi connectivity index (χ0n) is 11.6. The highest BCUT2D eigenvalue weighted by Gasteiger charge is 2.22. The van der Waals surface area contributed by atoms with Gasteiger partial charge in [0.15, 0.2) is 0 Å². The maximum Gasteiger partial charge on any atom is 0.233 e. The molecule has 1 unspecified atom stereocenters. The Morgan fingerprint density at radius 3 is 2.85 bits per heavy atom. The lowest BCUT2D eigenvalue weighted by molar-refractivity contribution is -0.136. The quantitative estimate of drug-likeness (QED) is 0.863. The largest absolute Gasteiger partial charge is 0.342 e. The molecule has 1 fully saturated rings. The maximum absolute atomic E-state index is 13.4. The number of carbonyl (C=O) groups excluding carboxylic acids is 2. The molecule has 0 aliphatic carbocycles. The van der Waals surface area contributed by atoms with Crippen LogP contribution < -0.4 is 5.32 Å². The van der Waals surface area contributed by atoms with Gasteiger partial charge in [-0.05, 0) is 30.9 Å². The Kier molecular flexibility index (Phi) is 4.71. The molecular weight excluding hydrogens is 259 g/mol. The first-order valence-corrected chi connectivity index (χ1v) is 6.88. The van der Waals surface area contributed by atoms with E-state index in [0.29, 0.717) is 19.0 Å². The summed E-state index contributed by atoms with van der Waals surface area (Å²) >= 11 is 0. The lowest BCUT2D eigenvalue weighted by Gasteiger charge is -2.30. The number of likely N-dealkylation sites (tertiary alicyclic amines) is 1. The summed E-state index contributed by atoms with van der Waals surface area (Å²) in [5.74, 6) is -0.689. The summed E-state index contributed by atoms with van der Waals surface area (Å²) in [6.07, 6.45) is 1.86. The molecule has 2 rings (SSSR count). The van der Waals surface area contributed by atoms with Crippen LogP contribution in [0, 0.1) is 11.7 Å². The molecule has 1 aromatic carbocycles. The van der Waals surface area contributed by atoms with Crippen molar-refractivity contribution in [2.45, 2.75) is 26.2 Å². The zero-order valence-corrected chi connectivity index (χ0v) is 11.6. The molecule has 1 heterocycles. The number of nitrogens with zero attached hydrogens (tertiary/aromatic N) is 1. The summed E-state index contributed by atoms with van der Waals surface area (Å²) in [4.78, 5) is 25.5. The lowest BCUT2D eigenvalue weighted by atomic mass is 10.00. The van der Waals surface area contributed by atoms with Gasteiger partial charge in [0.25, 0.3) is 0 Å². The van der Waals surface area contributed by atoms with Crippen molar-refractivity contribution in [2.75, 3.05) is 18.4 Å². The maximum atomic E-state index is 13.4. The minimum absolute atomic E-state index is 0.109. The van der Waals surface area contributed by atoms with Crippen molar-refractivity contribution in [1.29, 1.82) is 0 Å². The zero-order chi connectivity index (χ0) is 14.5. The summed E-state index contributed by atoms with van der Waals surface area (Å²) in [6, 6.07) is 5.92. The Labute approximate surface area is 118 Å². The fourth-order valence-corrected chi connectivity index (χ4v) is 2.42. The number of halogens is 1.